The van der Waals surface area contributed by atoms with Crippen LogP contribution in [0, 0.1) is 6.92 Å². The molecule has 0 aliphatic rings. The monoisotopic (exact) mass is 350 g/mol. The predicted molar refractivity (Wildman–Crippen MR) is 99.3 cm³/mol. The van der Waals surface area contributed by atoms with Gasteiger partial charge in [0.2, 0.25) is 0 Å². The summed E-state index contributed by atoms with van der Waals surface area (Å²) in [5.41, 5.74) is 2.73. The third-order valence-corrected chi connectivity index (χ3v) is 3.60. The first-order valence-corrected chi connectivity index (χ1v) is 7.95. The highest BCUT2D eigenvalue weighted by Gasteiger charge is 2.18. The van der Waals surface area contributed by atoms with E-state index in [0.717, 1.165) is 0 Å². The summed E-state index contributed by atoms with van der Waals surface area (Å²) in [6.45, 7) is 5.68. The number of carbonyl (C=O) groups excluding carboxylic acids is 2. The molecule has 3 N–H and O–H groups in total. The van der Waals surface area contributed by atoms with Crippen molar-refractivity contribution in [3.05, 3.63) is 66.6 Å². The minimum atomic E-state index is -0.324. The van der Waals surface area contributed by atoms with E-state index in [9.17, 15) is 9.59 Å². The second-order valence-corrected chi connectivity index (χ2v) is 5.50. The number of amides is 3. The molecule has 2 heterocycles. The Morgan fingerprint density at radius 1 is 1.19 bits per heavy atom. The molecule has 0 aliphatic heterocycles. The fourth-order valence-electron chi connectivity index (χ4n) is 2.43. The van der Waals surface area contributed by atoms with E-state index < -0.39 is 0 Å². The zero-order chi connectivity index (χ0) is 18.5. The second-order valence-electron chi connectivity index (χ2n) is 5.50. The van der Waals surface area contributed by atoms with E-state index in [2.05, 4.69) is 32.6 Å². The molecule has 0 fully saturated rings. The molecule has 3 rings (SSSR count). The van der Waals surface area contributed by atoms with Crippen LogP contribution < -0.4 is 16.0 Å². The number of hydrogen-bond donors (Lipinski definition) is 3. The number of nitrogens with zero attached hydrogens (tertiary/aromatic N) is 3. The molecule has 8 heteroatoms. The Labute approximate surface area is 149 Å². The Morgan fingerprint density at radius 2 is 1.88 bits per heavy atom. The number of aromatic nitrogens is 3. The fourth-order valence-corrected chi connectivity index (χ4v) is 2.43. The van der Waals surface area contributed by atoms with Gasteiger partial charge in [-0.2, -0.15) is 5.10 Å². The average molecular weight is 350 g/mol. The molecular weight excluding hydrogens is 332 g/mol. The number of carbonyl (C=O) groups is 2. The van der Waals surface area contributed by atoms with Crippen molar-refractivity contribution in [2.24, 2.45) is 0 Å². The Bertz CT molecular complexity index is 961. The molecule has 0 spiro atoms. The molecular formula is C18H18N6O2. The molecule has 0 radical (unpaired) electrons. The van der Waals surface area contributed by atoms with E-state index in [1.807, 2.05) is 0 Å². The Kier molecular flexibility index (Phi) is 4.93. The van der Waals surface area contributed by atoms with Crippen molar-refractivity contribution in [3.63, 3.8) is 0 Å². The van der Waals surface area contributed by atoms with Crippen LogP contribution in [0.4, 0.5) is 16.2 Å². The van der Waals surface area contributed by atoms with Gasteiger partial charge >= 0.3 is 6.03 Å². The van der Waals surface area contributed by atoms with Gasteiger partial charge in [-0.25, -0.2) is 14.3 Å². The summed E-state index contributed by atoms with van der Waals surface area (Å²) in [7, 11) is 0. The maximum absolute atomic E-state index is 12.6. The lowest BCUT2D eigenvalue weighted by Crippen LogP contribution is -2.28. The molecule has 1 aromatic carbocycles. The van der Waals surface area contributed by atoms with Crippen molar-refractivity contribution < 1.29 is 9.59 Å². The van der Waals surface area contributed by atoms with Gasteiger partial charge < -0.3 is 16.0 Å². The van der Waals surface area contributed by atoms with E-state index >= 15 is 0 Å². The number of nitrogens with one attached hydrogen (secondary N) is 3. The third-order valence-electron chi connectivity index (χ3n) is 3.60. The zero-order valence-corrected chi connectivity index (χ0v) is 14.2. The largest absolute Gasteiger partial charge is 0.334 e. The van der Waals surface area contributed by atoms with Crippen LogP contribution in [0.3, 0.4) is 0 Å². The topological polar surface area (TPSA) is 100 Å². The highest BCUT2D eigenvalue weighted by molar-refractivity contribution is 6.09. The zero-order valence-electron chi connectivity index (χ0n) is 14.2. The van der Waals surface area contributed by atoms with Crippen molar-refractivity contribution >= 4 is 29.0 Å². The first-order valence-electron chi connectivity index (χ1n) is 7.95. The van der Waals surface area contributed by atoms with Crippen molar-refractivity contribution in [1.82, 2.24) is 19.9 Å². The highest BCUT2D eigenvalue weighted by atomic mass is 16.2. The Morgan fingerprint density at radius 3 is 2.58 bits per heavy atom. The molecule has 0 aliphatic carbocycles. The fraction of sp³-hybridized carbons (Fsp3) is 0.111. The van der Waals surface area contributed by atoms with Gasteiger partial charge in [-0.1, -0.05) is 6.08 Å². The minimum absolute atomic E-state index is 0.291. The van der Waals surface area contributed by atoms with Gasteiger partial charge in [0.1, 0.15) is 5.56 Å². The van der Waals surface area contributed by atoms with E-state index in [-0.39, 0.29) is 11.9 Å². The number of rotatable bonds is 5. The molecule has 26 heavy (non-hydrogen) atoms. The summed E-state index contributed by atoms with van der Waals surface area (Å²) in [5.74, 6) is -0.291. The maximum atomic E-state index is 12.6. The van der Waals surface area contributed by atoms with E-state index in [1.165, 1.54) is 0 Å². The lowest BCUT2D eigenvalue weighted by molar-refractivity contribution is 0.102. The number of hydrogen-bond acceptors (Lipinski definition) is 4. The first-order chi connectivity index (χ1) is 12.6. The van der Waals surface area contributed by atoms with Gasteiger partial charge in [-0.3, -0.25) is 4.79 Å². The molecule has 132 valence electrons. The van der Waals surface area contributed by atoms with Gasteiger partial charge in [0, 0.05) is 30.3 Å². The summed E-state index contributed by atoms with van der Waals surface area (Å²) in [5, 5.41) is 12.4. The van der Waals surface area contributed by atoms with Crippen LogP contribution in [0.25, 0.3) is 5.65 Å². The number of benzene rings is 1. The minimum Gasteiger partial charge on any atom is -0.334 e. The normalized spacial score (nSPS) is 10.3. The molecule has 3 aromatic rings. The van der Waals surface area contributed by atoms with Crippen molar-refractivity contribution in [2.45, 2.75) is 6.92 Å². The quantitative estimate of drug-likeness (QED) is 0.616. The van der Waals surface area contributed by atoms with Crippen LogP contribution in [0.5, 0.6) is 0 Å². The van der Waals surface area contributed by atoms with Gasteiger partial charge in [0.15, 0.2) is 5.65 Å². The van der Waals surface area contributed by atoms with E-state index in [1.54, 1.807) is 60.2 Å². The Hall–Kier alpha value is -3.68. The van der Waals surface area contributed by atoms with E-state index in [4.69, 9.17) is 0 Å². The summed E-state index contributed by atoms with van der Waals surface area (Å²) in [6, 6.07) is 8.23. The third kappa shape index (κ3) is 3.69. The lowest BCUT2D eigenvalue weighted by Gasteiger charge is -2.08. The van der Waals surface area contributed by atoms with E-state index in [0.29, 0.717) is 34.8 Å². The number of anilines is 2. The highest BCUT2D eigenvalue weighted by Crippen LogP contribution is 2.17. The molecule has 3 amide bonds. The van der Waals surface area contributed by atoms with Crippen LogP contribution in [0.15, 0.2) is 55.4 Å². The van der Waals surface area contributed by atoms with Gasteiger partial charge in [0.25, 0.3) is 5.91 Å². The van der Waals surface area contributed by atoms with Gasteiger partial charge in [-0.05, 0) is 37.3 Å². The van der Waals surface area contributed by atoms with Crippen LogP contribution in [0.1, 0.15) is 16.1 Å². The van der Waals surface area contributed by atoms with Crippen molar-refractivity contribution in [2.75, 3.05) is 17.2 Å². The number of urea groups is 1. The number of aryl methyl sites for hydroxylation is 1. The first kappa shape index (κ1) is 17.2. The SMILES string of the molecule is C=CCNC(=O)Nc1ccc(NC(=O)c2c(C)nn3cccnc23)cc1. The summed E-state index contributed by atoms with van der Waals surface area (Å²) in [6.07, 6.45) is 4.95. The summed E-state index contributed by atoms with van der Waals surface area (Å²) in [4.78, 5) is 28.4. The molecule has 2 aromatic heterocycles. The van der Waals surface area contributed by atoms with Gasteiger partial charge in [0.05, 0.1) is 5.69 Å². The van der Waals surface area contributed by atoms with Crippen LogP contribution in [0.2, 0.25) is 0 Å². The molecule has 0 unspecified atom stereocenters. The maximum Gasteiger partial charge on any atom is 0.319 e. The standard InChI is InChI=1S/C18H18N6O2/c1-3-9-20-18(26)22-14-7-5-13(6-8-14)21-17(25)15-12(2)23-24-11-4-10-19-16(15)24/h3-8,10-11H,1,9H2,2H3,(H,21,25)(H2,20,22,26). The molecule has 0 saturated heterocycles. The molecule has 0 atom stereocenters. The second kappa shape index (κ2) is 7.47. The lowest BCUT2D eigenvalue weighted by atomic mass is 10.2. The number of fused-ring (bicyclic) bond motifs is 1. The van der Waals surface area contributed by atoms with Crippen LogP contribution >= 0.6 is 0 Å². The molecule has 8 nitrogen and oxygen atoms in total. The van der Waals surface area contributed by atoms with Crippen LogP contribution in [-0.2, 0) is 0 Å². The molecule has 0 bridgehead atoms. The Balaban J connectivity index is 1.70. The summed E-state index contributed by atoms with van der Waals surface area (Å²) >= 11 is 0. The van der Waals surface area contributed by atoms with Gasteiger partial charge in [-0.15, -0.1) is 6.58 Å². The molecule has 0 saturated carbocycles. The van der Waals surface area contributed by atoms with Crippen molar-refractivity contribution in [3.8, 4) is 0 Å². The van der Waals surface area contributed by atoms with Crippen LogP contribution in [-0.4, -0.2) is 33.1 Å². The average Bonchev–Trinajstić information content (AvgIpc) is 2.97. The summed E-state index contributed by atoms with van der Waals surface area (Å²) < 4.78 is 1.57. The smallest absolute Gasteiger partial charge is 0.319 e. The predicted octanol–water partition coefficient (Wildman–Crippen LogP) is 2.60. The van der Waals surface area contributed by atoms with Crippen molar-refractivity contribution in [1.29, 1.82) is 0 Å².